The number of hydrogen-bond acceptors (Lipinski definition) is 4. The van der Waals surface area contributed by atoms with Crippen LogP contribution in [0.15, 0.2) is 30.3 Å². The molecule has 4 nitrogen and oxygen atoms in total. The van der Waals surface area contributed by atoms with Crippen molar-refractivity contribution in [1.82, 2.24) is 0 Å². The van der Waals surface area contributed by atoms with Gasteiger partial charge in [-0.2, -0.15) is 0 Å². The summed E-state index contributed by atoms with van der Waals surface area (Å²) in [5.41, 5.74) is 1.12. The molecule has 0 spiro atoms. The van der Waals surface area contributed by atoms with E-state index in [4.69, 9.17) is 14.2 Å². The zero-order chi connectivity index (χ0) is 15.5. The van der Waals surface area contributed by atoms with E-state index in [2.05, 4.69) is 0 Å². The van der Waals surface area contributed by atoms with E-state index in [-0.39, 0.29) is 18.0 Å². The summed E-state index contributed by atoms with van der Waals surface area (Å²) in [6.45, 7) is 7.73. The van der Waals surface area contributed by atoms with Gasteiger partial charge >= 0.3 is 0 Å². The average Bonchev–Trinajstić information content (AvgIpc) is 2.44. The van der Waals surface area contributed by atoms with Gasteiger partial charge in [0.05, 0.1) is 18.8 Å². The highest BCUT2D eigenvalue weighted by atomic mass is 16.7. The lowest BCUT2D eigenvalue weighted by Gasteiger charge is -2.41. The van der Waals surface area contributed by atoms with Gasteiger partial charge < -0.3 is 14.2 Å². The molecule has 0 aromatic heterocycles. The van der Waals surface area contributed by atoms with Crippen molar-refractivity contribution in [3.63, 3.8) is 0 Å². The number of carbonyl (C=O) groups excluding carboxylic acids is 1. The van der Waals surface area contributed by atoms with E-state index in [0.29, 0.717) is 13.0 Å². The number of Topliss-reactive ketones (excluding diaryl/α,β-unsaturated/α-hetero) is 1. The van der Waals surface area contributed by atoms with E-state index in [0.717, 1.165) is 5.56 Å². The Balaban J connectivity index is 1.94. The highest BCUT2D eigenvalue weighted by molar-refractivity contribution is 5.80. The van der Waals surface area contributed by atoms with Gasteiger partial charge in [0.1, 0.15) is 6.10 Å². The number of ketones is 1. The van der Waals surface area contributed by atoms with Gasteiger partial charge in [0.25, 0.3) is 0 Å². The minimum absolute atomic E-state index is 0.0339. The summed E-state index contributed by atoms with van der Waals surface area (Å²) in [4.78, 5) is 11.6. The molecule has 0 N–H and O–H groups in total. The fourth-order valence-electron chi connectivity index (χ4n) is 2.49. The molecule has 0 radical (unpaired) electrons. The molecule has 1 aromatic rings. The summed E-state index contributed by atoms with van der Waals surface area (Å²) in [6, 6.07) is 10.0. The van der Waals surface area contributed by atoms with Gasteiger partial charge in [-0.3, -0.25) is 4.79 Å². The molecule has 0 amide bonds. The molecule has 1 heterocycles. The first-order valence-corrected chi connectivity index (χ1v) is 7.39. The monoisotopic (exact) mass is 292 g/mol. The quantitative estimate of drug-likeness (QED) is 0.836. The normalized spacial score (nSPS) is 26.3. The Morgan fingerprint density at radius 2 is 2.00 bits per heavy atom. The Morgan fingerprint density at radius 3 is 2.62 bits per heavy atom. The number of carbonyl (C=O) groups is 1. The summed E-state index contributed by atoms with van der Waals surface area (Å²) < 4.78 is 17.5. The van der Waals surface area contributed by atoms with Crippen molar-refractivity contribution in [3.8, 4) is 0 Å². The smallest absolute Gasteiger partial charge is 0.164 e. The summed E-state index contributed by atoms with van der Waals surface area (Å²) >= 11 is 0. The van der Waals surface area contributed by atoms with Crippen LogP contribution in [0.3, 0.4) is 0 Å². The van der Waals surface area contributed by atoms with Gasteiger partial charge in [-0.25, -0.2) is 0 Å². The Labute approximate surface area is 126 Å². The maximum atomic E-state index is 11.6. The molecule has 3 atom stereocenters. The SMILES string of the molecule is CC(=O)[C@H]1C[C@@H]([C@@H](C)OCc2ccccc2)OC(C)(C)O1. The van der Waals surface area contributed by atoms with Crippen LogP contribution in [0, 0.1) is 0 Å². The largest absolute Gasteiger partial charge is 0.371 e. The van der Waals surface area contributed by atoms with Gasteiger partial charge in [0, 0.05) is 6.42 Å². The van der Waals surface area contributed by atoms with Crippen molar-refractivity contribution >= 4 is 5.78 Å². The molecule has 1 saturated heterocycles. The molecular formula is C17H24O4. The van der Waals surface area contributed by atoms with Crippen LogP contribution in [-0.2, 0) is 25.6 Å². The third-order valence-corrected chi connectivity index (χ3v) is 3.64. The molecule has 1 aromatic carbocycles. The lowest BCUT2D eigenvalue weighted by molar-refractivity contribution is -0.308. The van der Waals surface area contributed by atoms with Gasteiger partial charge in [-0.15, -0.1) is 0 Å². The lowest BCUT2D eigenvalue weighted by Crippen LogP contribution is -2.50. The first-order valence-electron chi connectivity index (χ1n) is 7.39. The van der Waals surface area contributed by atoms with Gasteiger partial charge in [0.15, 0.2) is 11.6 Å². The molecule has 0 aliphatic carbocycles. The van der Waals surface area contributed by atoms with Crippen molar-refractivity contribution in [3.05, 3.63) is 35.9 Å². The van der Waals surface area contributed by atoms with E-state index in [1.54, 1.807) is 6.92 Å². The molecule has 0 saturated carbocycles. The predicted molar refractivity (Wildman–Crippen MR) is 79.8 cm³/mol. The molecule has 21 heavy (non-hydrogen) atoms. The maximum absolute atomic E-state index is 11.6. The van der Waals surface area contributed by atoms with Crippen molar-refractivity contribution in [2.45, 2.75) is 64.8 Å². The van der Waals surface area contributed by atoms with Crippen LogP contribution < -0.4 is 0 Å². The first-order chi connectivity index (χ1) is 9.87. The van der Waals surface area contributed by atoms with E-state index < -0.39 is 11.9 Å². The molecule has 1 fully saturated rings. The highest BCUT2D eigenvalue weighted by Gasteiger charge is 2.39. The fraction of sp³-hybridized carbons (Fsp3) is 0.588. The summed E-state index contributed by atoms with van der Waals surface area (Å²) in [5.74, 6) is -0.726. The van der Waals surface area contributed by atoms with Crippen LogP contribution in [0.25, 0.3) is 0 Å². The second-order valence-corrected chi connectivity index (χ2v) is 6.01. The van der Waals surface area contributed by atoms with E-state index >= 15 is 0 Å². The Bertz CT molecular complexity index is 469. The number of benzene rings is 1. The standard InChI is InChI=1S/C17H24O4/c1-12(18)15-10-16(21-17(3,4)20-15)13(2)19-11-14-8-6-5-7-9-14/h5-9,13,15-16H,10-11H2,1-4H3/t13-,15-,16+/m1/s1. The van der Waals surface area contributed by atoms with E-state index in [1.807, 2.05) is 51.1 Å². The lowest BCUT2D eigenvalue weighted by atomic mass is 10.0. The Kier molecular flexibility index (Phi) is 5.14. The van der Waals surface area contributed by atoms with Crippen LogP contribution in [-0.4, -0.2) is 29.9 Å². The number of rotatable bonds is 5. The molecule has 1 aliphatic heterocycles. The van der Waals surface area contributed by atoms with Crippen molar-refractivity contribution < 1.29 is 19.0 Å². The topological polar surface area (TPSA) is 44.8 Å². The second kappa shape index (κ2) is 6.69. The van der Waals surface area contributed by atoms with Gasteiger partial charge in [-0.05, 0) is 33.3 Å². The minimum atomic E-state index is -0.760. The molecule has 0 bridgehead atoms. The third kappa shape index (κ3) is 4.63. The molecule has 4 heteroatoms. The van der Waals surface area contributed by atoms with Gasteiger partial charge in [0.2, 0.25) is 0 Å². The maximum Gasteiger partial charge on any atom is 0.164 e. The zero-order valence-electron chi connectivity index (χ0n) is 13.2. The molecule has 1 aliphatic rings. The third-order valence-electron chi connectivity index (χ3n) is 3.64. The predicted octanol–water partition coefficient (Wildman–Crippen LogP) is 3.09. The van der Waals surface area contributed by atoms with Crippen molar-refractivity contribution in [2.75, 3.05) is 0 Å². The summed E-state index contributed by atoms with van der Waals surface area (Å²) in [5, 5.41) is 0. The van der Waals surface area contributed by atoms with E-state index in [9.17, 15) is 4.79 Å². The molecule has 116 valence electrons. The molecule has 2 rings (SSSR count). The zero-order valence-corrected chi connectivity index (χ0v) is 13.2. The van der Waals surface area contributed by atoms with Crippen LogP contribution in [0.1, 0.15) is 39.7 Å². The highest BCUT2D eigenvalue weighted by Crippen LogP contribution is 2.29. The van der Waals surface area contributed by atoms with Crippen LogP contribution in [0.5, 0.6) is 0 Å². The summed E-state index contributed by atoms with van der Waals surface area (Å²) in [6.07, 6.45) is -0.127. The number of ether oxygens (including phenoxy) is 3. The molecule has 0 unspecified atom stereocenters. The molecular weight excluding hydrogens is 268 g/mol. The fourth-order valence-corrected chi connectivity index (χ4v) is 2.49. The minimum Gasteiger partial charge on any atom is -0.371 e. The van der Waals surface area contributed by atoms with Crippen LogP contribution >= 0.6 is 0 Å². The van der Waals surface area contributed by atoms with E-state index in [1.165, 1.54) is 0 Å². The van der Waals surface area contributed by atoms with Crippen LogP contribution in [0.2, 0.25) is 0 Å². The average molecular weight is 292 g/mol. The van der Waals surface area contributed by atoms with Crippen molar-refractivity contribution in [2.24, 2.45) is 0 Å². The van der Waals surface area contributed by atoms with Gasteiger partial charge in [-0.1, -0.05) is 30.3 Å². The Hall–Kier alpha value is -1.23. The summed E-state index contributed by atoms with van der Waals surface area (Å²) in [7, 11) is 0. The first kappa shape index (κ1) is 16.1. The number of hydrogen-bond donors (Lipinski definition) is 0. The van der Waals surface area contributed by atoms with Crippen LogP contribution in [0.4, 0.5) is 0 Å². The van der Waals surface area contributed by atoms with Crippen molar-refractivity contribution in [1.29, 1.82) is 0 Å². The second-order valence-electron chi connectivity index (χ2n) is 6.01. The Morgan fingerprint density at radius 1 is 1.33 bits per heavy atom.